The van der Waals surface area contributed by atoms with Crippen LogP contribution in [0.5, 0.6) is 0 Å². The van der Waals surface area contributed by atoms with Gasteiger partial charge in [0, 0.05) is 34.6 Å². The Bertz CT molecular complexity index is 1440. The average Bonchev–Trinajstić information content (AvgIpc) is 3.30. The van der Waals surface area contributed by atoms with E-state index in [-0.39, 0.29) is 44.1 Å². The number of carbonyl (C=O) groups is 3. The SMILES string of the molecule is COC(=O)C[C@H](O)C[C@H](O)CCc1c(-c2ccc(F)cc2)c(-c2ccccc2)c(C(=O)NCC(=O)C=C(C)N)n1C(C)C. The van der Waals surface area contributed by atoms with Gasteiger partial charge in [0.15, 0.2) is 5.78 Å². The summed E-state index contributed by atoms with van der Waals surface area (Å²) in [6.45, 7) is 5.17. The monoisotopic (exact) mass is 593 g/mol. The summed E-state index contributed by atoms with van der Waals surface area (Å²) in [5.41, 5.74) is 9.69. The molecule has 0 fully saturated rings. The molecule has 0 aliphatic rings. The van der Waals surface area contributed by atoms with E-state index in [1.165, 1.54) is 25.3 Å². The molecule has 0 aliphatic heterocycles. The number of nitrogens with zero attached hydrogens (tertiary/aromatic N) is 1. The molecule has 3 rings (SSSR count). The Hall–Kier alpha value is -4.28. The van der Waals surface area contributed by atoms with Gasteiger partial charge in [0.25, 0.3) is 5.91 Å². The minimum absolute atomic E-state index is 0.0432. The van der Waals surface area contributed by atoms with Gasteiger partial charge in [-0.3, -0.25) is 14.4 Å². The van der Waals surface area contributed by atoms with Crippen molar-refractivity contribution in [2.75, 3.05) is 13.7 Å². The number of ketones is 1. The van der Waals surface area contributed by atoms with Crippen molar-refractivity contribution < 1.29 is 33.7 Å². The fraction of sp³-hybridized carbons (Fsp3) is 0.364. The summed E-state index contributed by atoms with van der Waals surface area (Å²) in [6.07, 6.45) is -0.575. The van der Waals surface area contributed by atoms with Crippen molar-refractivity contribution in [2.24, 2.45) is 5.73 Å². The molecule has 43 heavy (non-hydrogen) atoms. The molecule has 1 heterocycles. The van der Waals surface area contributed by atoms with Crippen LogP contribution in [-0.2, 0) is 20.7 Å². The molecule has 0 unspecified atom stereocenters. The second-order valence-corrected chi connectivity index (χ2v) is 10.8. The Morgan fingerprint density at radius 2 is 1.63 bits per heavy atom. The van der Waals surface area contributed by atoms with Gasteiger partial charge in [0.05, 0.1) is 32.3 Å². The minimum atomic E-state index is -1.08. The first kappa shape index (κ1) is 33.2. The van der Waals surface area contributed by atoms with Gasteiger partial charge in [0.1, 0.15) is 11.5 Å². The number of benzene rings is 2. The molecule has 1 aromatic heterocycles. The summed E-state index contributed by atoms with van der Waals surface area (Å²) in [5, 5.41) is 23.8. The van der Waals surface area contributed by atoms with Crippen LogP contribution in [-0.4, -0.2) is 58.3 Å². The smallest absolute Gasteiger partial charge is 0.308 e. The highest BCUT2D eigenvalue weighted by molar-refractivity contribution is 6.06. The van der Waals surface area contributed by atoms with Crippen molar-refractivity contribution in [3.8, 4) is 22.3 Å². The summed E-state index contributed by atoms with van der Waals surface area (Å²) in [6, 6.07) is 15.1. The highest BCUT2D eigenvalue weighted by Crippen LogP contribution is 2.42. The number of carbonyl (C=O) groups excluding carboxylic acids is 3. The van der Waals surface area contributed by atoms with Crippen LogP contribution in [0.2, 0.25) is 0 Å². The van der Waals surface area contributed by atoms with Crippen LogP contribution in [0.25, 0.3) is 22.3 Å². The average molecular weight is 594 g/mol. The predicted octanol–water partition coefficient (Wildman–Crippen LogP) is 4.31. The normalized spacial score (nSPS) is 13.1. The number of hydrogen-bond acceptors (Lipinski definition) is 7. The zero-order valence-corrected chi connectivity index (χ0v) is 25.0. The predicted molar refractivity (Wildman–Crippen MR) is 163 cm³/mol. The highest BCUT2D eigenvalue weighted by atomic mass is 19.1. The van der Waals surface area contributed by atoms with E-state index in [0.29, 0.717) is 28.1 Å². The number of nitrogens with two attached hydrogens (primary N) is 1. The minimum Gasteiger partial charge on any atom is -0.469 e. The maximum atomic E-state index is 14.0. The van der Waals surface area contributed by atoms with Crippen molar-refractivity contribution in [1.29, 1.82) is 0 Å². The lowest BCUT2D eigenvalue weighted by Crippen LogP contribution is -2.31. The van der Waals surface area contributed by atoms with Gasteiger partial charge < -0.3 is 30.6 Å². The van der Waals surface area contributed by atoms with E-state index < -0.39 is 29.9 Å². The van der Waals surface area contributed by atoms with E-state index in [0.717, 1.165) is 11.3 Å². The Kier molecular flexibility index (Phi) is 11.8. The second kappa shape index (κ2) is 15.3. The van der Waals surface area contributed by atoms with E-state index in [2.05, 4.69) is 10.1 Å². The number of methoxy groups -OCH3 is 1. The molecule has 9 nitrogen and oxygen atoms in total. The number of aliphatic hydroxyl groups excluding tert-OH is 2. The lowest BCUT2D eigenvalue weighted by molar-refractivity contribution is -0.143. The van der Waals surface area contributed by atoms with Gasteiger partial charge in [0.2, 0.25) is 0 Å². The van der Waals surface area contributed by atoms with Crippen LogP contribution in [0.3, 0.4) is 0 Å². The number of amides is 1. The standard InChI is InChI=1S/C33H40FN3O6/c1-20(2)37-28(15-14-25(38)17-26(39)18-29(41)43-4)30(23-10-12-24(34)13-11-23)31(22-8-6-5-7-9-22)32(37)33(42)36-19-27(40)16-21(3)35/h5-13,16,20,25-26,38-39H,14-15,17-19,35H2,1-4H3,(H,36,42)/t25-,26-/m1/s1. The molecule has 0 spiro atoms. The summed E-state index contributed by atoms with van der Waals surface area (Å²) < 4.78 is 20.5. The molecule has 3 aromatic rings. The molecule has 0 saturated carbocycles. The number of aliphatic hydroxyl groups is 2. The number of rotatable bonds is 14. The Morgan fingerprint density at radius 3 is 2.21 bits per heavy atom. The third-order valence-electron chi connectivity index (χ3n) is 6.93. The van der Waals surface area contributed by atoms with Crippen LogP contribution >= 0.6 is 0 Å². The van der Waals surface area contributed by atoms with Crippen LogP contribution in [0, 0.1) is 5.82 Å². The van der Waals surface area contributed by atoms with E-state index in [1.54, 1.807) is 19.1 Å². The second-order valence-electron chi connectivity index (χ2n) is 10.8. The van der Waals surface area contributed by atoms with Crippen LogP contribution in [0.4, 0.5) is 4.39 Å². The summed E-state index contributed by atoms with van der Waals surface area (Å²) in [5.74, 6) is -1.83. The van der Waals surface area contributed by atoms with Gasteiger partial charge in [-0.2, -0.15) is 0 Å². The highest BCUT2D eigenvalue weighted by Gasteiger charge is 2.30. The van der Waals surface area contributed by atoms with E-state index in [9.17, 15) is 29.0 Å². The Morgan fingerprint density at radius 1 is 1.00 bits per heavy atom. The molecule has 10 heteroatoms. The van der Waals surface area contributed by atoms with Crippen LogP contribution < -0.4 is 11.1 Å². The first-order chi connectivity index (χ1) is 20.4. The maximum absolute atomic E-state index is 14.0. The Labute approximate surface area is 251 Å². The van der Waals surface area contributed by atoms with Gasteiger partial charge in [-0.05, 0) is 63.3 Å². The third-order valence-corrected chi connectivity index (χ3v) is 6.93. The molecular formula is C33H40FN3O6. The fourth-order valence-electron chi connectivity index (χ4n) is 5.14. The summed E-state index contributed by atoms with van der Waals surface area (Å²) in [4.78, 5) is 37.8. The topological polar surface area (TPSA) is 144 Å². The van der Waals surface area contributed by atoms with E-state index in [1.807, 2.05) is 48.7 Å². The van der Waals surface area contributed by atoms with E-state index in [4.69, 9.17) is 5.73 Å². The quantitative estimate of drug-likeness (QED) is 0.161. The summed E-state index contributed by atoms with van der Waals surface area (Å²) >= 11 is 0. The van der Waals surface area contributed by atoms with Gasteiger partial charge >= 0.3 is 5.97 Å². The molecule has 0 radical (unpaired) electrons. The Balaban J connectivity index is 2.17. The lowest BCUT2D eigenvalue weighted by atomic mass is 9.92. The zero-order valence-electron chi connectivity index (χ0n) is 25.0. The van der Waals surface area contributed by atoms with Crippen molar-refractivity contribution in [3.63, 3.8) is 0 Å². The first-order valence-electron chi connectivity index (χ1n) is 14.2. The number of allylic oxidation sites excluding steroid dienone is 1. The molecule has 0 bridgehead atoms. The van der Waals surface area contributed by atoms with Crippen LogP contribution in [0.15, 0.2) is 66.4 Å². The maximum Gasteiger partial charge on any atom is 0.308 e. The molecule has 5 N–H and O–H groups in total. The van der Waals surface area contributed by atoms with Crippen molar-refractivity contribution >= 4 is 17.7 Å². The molecule has 2 atom stereocenters. The number of ether oxygens (including phenoxy) is 1. The molecule has 0 aliphatic carbocycles. The fourth-order valence-corrected chi connectivity index (χ4v) is 5.14. The first-order valence-corrected chi connectivity index (χ1v) is 14.2. The zero-order chi connectivity index (χ0) is 31.7. The number of nitrogens with one attached hydrogen (secondary N) is 1. The van der Waals surface area contributed by atoms with Gasteiger partial charge in [-0.1, -0.05) is 42.5 Å². The number of aromatic nitrogens is 1. The molecule has 230 valence electrons. The largest absolute Gasteiger partial charge is 0.469 e. The summed E-state index contributed by atoms with van der Waals surface area (Å²) in [7, 11) is 1.23. The molecule has 2 aromatic carbocycles. The number of halogens is 1. The molecular weight excluding hydrogens is 553 g/mol. The van der Waals surface area contributed by atoms with Crippen molar-refractivity contribution in [1.82, 2.24) is 9.88 Å². The van der Waals surface area contributed by atoms with Crippen LogP contribution in [0.1, 0.15) is 62.3 Å². The number of esters is 1. The molecule has 1 amide bonds. The van der Waals surface area contributed by atoms with Gasteiger partial charge in [-0.15, -0.1) is 0 Å². The van der Waals surface area contributed by atoms with Crippen molar-refractivity contribution in [3.05, 3.63) is 83.6 Å². The van der Waals surface area contributed by atoms with E-state index >= 15 is 0 Å². The van der Waals surface area contributed by atoms with Crippen molar-refractivity contribution in [2.45, 2.75) is 64.7 Å². The lowest BCUT2D eigenvalue weighted by Gasteiger charge is -2.20. The third kappa shape index (κ3) is 8.86. The number of hydrogen-bond donors (Lipinski definition) is 4. The van der Waals surface area contributed by atoms with Gasteiger partial charge in [-0.25, -0.2) is 4.39 Å². The molecule has 0 saturated heterocycles.